The summed E-state index contributed by atoms with van der Waals surface area (Å²) >= 11 is 0. The van der Waals surface area contributed by atoms with E-state index in [2.05, 4.69) is 33.0 Å². The van der Waals surface area contributed by atoms with Crippen LogP contribution in [-0.2, 0) is 4.74 Å². The van der Waals surface area contributed by atoms with E-state index >= 15 is 0 Å². The van der Waals surface area contributed by atoms with Crippen LogP contribution in [-0.4, -0.2) is 24.8 Å². The van der Waals surface area contributed by atoms with E-state index < -0.39 is 0 Å². The molecule has 78 valence electrons. The molecule has 0 aromatic rings. The SMILES string of the molecule is CC(C)C(C)OC1(C)CCNCC1. The molecule has 0 aromatic heterocycles. The van der Waals surface area contributed by atoms with Gasteiger partial charge in [-0.25, -0.2) is 0 Å². The van der Waals surface area contributed by atoms with Gasteiger partial charge in [-0.05, 0) is 45.7 Å². The molecule has 0 bridgehead atoms. The molecule has 2 heteroatoms. The molecule has 1 N–H and O–H groups in total. The summed E-state index contributed by atoms with van der Waals surface area (Å²) < 4.78 is 6.10. The highest BCUT2D eigenvalue weighted by molar-refractivity contribution is 4.82. The number of nitrogens with one attached hydrogen (secondary N) is 1. The number of hydrogen-bond acceptors (Lipinski definition) is 2. The van der Waals surface area contributed by atoms with Crippen LogP contribution < -0.4 is 5.32 Å². The van der Waals surface area contributed by atoms with Crippen LogP contribution in [0.5, 0.6) is 0 Å². The topological polar surface area (TPSA) is 21.3 Å². The van der Waals surface area contributed by atoms with Gasteiger partial charge in [0.25, 0.3) is 0 Å². The molecule has 2 nitrogen and oxygen atoms in total. The zero-order chi connectivity index (χ0) is 9.90. The van der Waals surface area contributed by atoms with Crippen LogP contribution in [0.15, 0.2) is 0 Å². The van der Waals surface area contributed by atoms with Crippen molar-refractivity contribution in [1.29, 1.82) is 0 Å². The summed E-state index contributed by atoms with van der Waals surface area (Å²) in [6, 6.07) is 0. The van der Waals surface area contributed by atoms with Crippen LogP contribution in [0.4, 0.5) is 0 Å². The number of piperidine rings is 1. The smallest absolute Gasteiger partial charge is 0.0682 e. The van der Waals surface area contributed by atoms with Gasteiger partial charge >= 0.3 is 0 Å². The van der Waals surface area contributed by atoms with Crippen molar-refractivity contribution in [2.45, 2.75) is 52.2 Å². The van der Waals surface area contributed by atoms with Gasteiger partial charge in [0.15, 0.2) is 0 Å². The van der Waals surface area contributed by atoms with Gasteiger partial charge < -0.3 is 10.1 Å². The maximum Gasteiger partial charge on any atom is 0.0682 e. The van der Waals surface area contributed by atoms with Crippen LogP contribution in [0.1, 0.15) is 40.5 Å². The van der Waals surface area contributed by atoms with Crippen molar-refractivity contribution in [3.05, 3.63) is 0 Å². The second-order valence-electron chi connectivity index (χ2n) is 4.77. The molecule has 0 amide bonds. The first kappa shape index (κ1) is 11.0. The fraction of sp³-hybridized carbons (Fsp3) is 1.00. The van der Waals surface area contributed by atoms with Crippen LogP contribution in [0.3, 0.4) is 0 Å². The largest absolute Gasteiger partial charge is 0.372 e. The second kappa shape index (κ2) is 4.43. The molecule has 1 atom stereocenters. The standard InChI is InChI=1S/C11H23NO/c1-9(2)10(3)13-11(4)5-7-12-8-6-11/h9-10,12H,5-8H2,1-4H3. The Balaban J connectivity index is 2.40. The van der Waals surface area contributed by atoms with Gasteiger partial charge in [0.1, 0.15) is 0 Å². The van der Waals surface area contributed by atoms with Gasteiger partial charge in [0.2, 0.25) is 0 Å². The summed E-state index contributed by atoms with van der Waals surface area (Å²) in [6.45, 7) is 11.1. The Morgan fingerprint density at radius 1 is 1.15 bits per heavy atom. The lowest BCUT2D eigenvalue weighted by Gasteiger charge is -2.37. The molecular formula is C11H23NO. The van der Waals surface area contributed by atoms with Crippen LogP contribution >= 0.6 is 0 Å². The van der Waals surface area contributed by atoms with Crippen molar-refractivity contribution >= 4 is 0 Å². The average molecular weight is 185 g/mol. The molecule has 1 aliphatic rings. The molecular weight excluding hydrogens is 162 g/mol. The fourth-order valence-corrected chi connectivity index (χ4v) is 1.66. The summed E-state index contributed by atoms with van der Waals surface area (Å²) in [5, 5.41) is 3.36. The van der Waals surface area contributed by atoms with Gasteiger partial charge in [-0.15, -0.1) is 0 Å². The predicted molar refractivity (Wildman–Crippen MR) is 55.9 cm³/mol. The molecule has 1 rings (SSSR count). The van der Waals surface area contributed by atoms with Crippen molar-refractivity contribution in [2.24, 2.45) is 5.92 Å². The van der Waals surface area contributed by atoms with Crippen LogP contribution in [0.2, 0.25) is 0 Å². The Labute approximate surface area is 82.0 Å². The maximum atomic E-state index is 6.10. The second-order valence-corrected chi connectivity index (χ2v) is 4.77. The highest BCUT2D eigenvalue weighted by atomic mass is 16.5. The van der Waals surface area contributed by atoms with Crippen molar-refractivity contribution in [3.8, 4) is 0 Å². The lowest BCUT2D eigenvalue weighted by Crippen LogP contribution is -2.44. The van der Waals surface area contributed by atoms with Crippen LogP contribution in [0, 0.1) is 5.92 Å². The van der Waals surface area contributed by atoms with Crippen molar-refractivity contribution in [3.63, 3.8) is 0 Å². The minimum Gasteiger partial charge on any atom is -0.372 e. The lowest BCUT2D eigenvalue weighted by atomic mass is 9.93. The third-order valence-corrected chi connectivity index (χ3v) is 3.07. The van der Waals surface area contributed by atoms with E-state index in [1.165, 1.54) is 0 Å². The van der Waals surface area contributed by atoms with E-state index in [0.29, 0.717) is 12.0 Å². The molecule has 1 saturated heterocycles. The first-order valence-corrected chi connectivity index (χ1v) is 5.42. The highest BCUT2D eigenvalue weighted by Crippen LogP contribution is 2.25. The molecule has 0 aliphatic carbocycles. The van der Waals surface area contributed by atoms with Crippen molar-refractivity contribution < 1.29 is 4.74 Å². The van der Waals surface area contributed by atoms with Crippen LogP contribution in [0.25, 0.3) is 0 Å². The van der Waals surface area contributed by atoms with Crippen molar-refractivity contribution in [1.82, 2.24) is 5.32 Å². The minimum atomic E-state index is 0.120. The lowest BCUT2D eigenvalue weighted by molar-refractivity contribution is -0.106. The Kier molecular flexibility index (Phi) is 3.74. The van der Waals surface area contributed by atoms with E-state index in [9.17, 15) is 0 Å². The van der Waals surface area contributed by atoms with E-state index in [-0.39, 0.29) is 5.60 Å². The van der Waals surface area contributed by atoms with E-state index in [1.807, 2.05) is 0 Å². The highest BCUT2D eigenvalue weighted by Gasteiger charge is 2.29. The number of hydrogen-bond donors (Lipinski definition) is 1. The molecule has 1 aliphatic heterocycles. The molecule has 13 heavy (non-hydrogen) atoms. The monoisotopic (exact) mass is 185 g/mol. The molecule has 1 unspecified atom stereocenters. The fourth-order valence-electron chi connectivity index (χ4n) is 1.66. The molecule has 0 radical (unpaired) electrons. The van der Waals surface area contributed by atoms with E-state index in [4.69, 9.17) is 4.74 Å². The number of rotatable bonds is 3. The molecule has 1 fully saturated rings. The molecule has 1 heterocycles. The Morgan fingerprint density at radius 3 is 2.15 bits per heavy atom. The summed E-state index contributed by atoms with van der Waals surface area (Å²) in [5.74, 6) is 0.617. The number of ether oxygens (including phenoxy) is 1. The maximum absolute atomic E-state index is 6.10. The van der Waals surface area contributed by atoms with Gasteiger partial charge in [-0.1, -0.05) is 13.8 Å². The minimum absolute atomic E-state index is 0.120. The summed E-state index contributed by atoms with van der Waals surface area (Å²) in [6.07, 6.45) is 2.66. The average Bonchev–Trinajstić information content (AvgIpc) is 2.04. The van der Waals surface area contributed by atoms with Gasteiger partial charge in [0.05, 0.1) is 11.7 Å². The normalized spacial score (nSPS) is 24.7. The quantitative estimate of drug-likeness (QED) is 0.727. The van der Waals surface area contributed by atoms with Gasteiger partial charge in [-0.3, -0.25) is 0 Å². The van der Waals surface area contributed by atoms with Gasteiger partial charge in [0, 0.05) is 0 Å². The van der Waals surface area contributed by atoms with E-state index in [0.717, 1.165) is 25.9 Å². The molecule has 0 saturated carbocycles. The predicted octanol–water partition coefficient (Wildman–Crippen LogP) is 2.19. The molecule has 0 aromatic carbocycles. The Morgan fingerprint density at radius 2 is 1.69 bits per heavy atom. The van der Waals surface area contributed by atoms with E-state index in [1.54, 1.807) is 0 Å². The molecule has 0 spiro atoms. The van der Waals surface area contributed by atoms with Crippen molar-refractivity contribution in [2.75, 3.05) is 13.1 Å². The first-order valence-electron chi connectivity index (χ1n) is 5.42. The summed E-state index contributed by atoms with van der Waals surface area (Å²) in [7, 11) is 0. The Hall–Kier alpha value is -0.0800. The third-order valence-electron chi connectivity index (χ3n) is 3.07. The zero-order valence-electron chi connectivity index (χ0n) is 9.39. The first-order chi connectivity index (χ1) is 6.03. The zero-order valence-corrected chi connectivity index (χ0v) is 9.39. The Bertz CT molecular complexity index is 150. The summed E-state index contributed by atoms with van der Waals surface area (Å²) in [4.78, 5) is 0. The van der Waals surface area contributed by atoms with Gasteiger partial charge in [-0.2, -0.15) is 0 Å². The third kappa shape index (κ3) is 3.28. The summed E-state index contributed by atoms with van der Waals surface area (Å²) in [5.41, 5.74) is 0.120.